The van der Waals surface area contributed by atoms with E-state index in [2.05, 4.69) is 22.9 Å². The summed E-state index contributed by atoms with van der Waals surface area (Å²) in [4.78, 5) is 17.0. The summed E-state index contributed by atoms with van der Waals surface area (Å²) in [5, 5.41) is 0. The fraction of sp³-hybridized carbons (Fsp3) is 0.824. The van der Waals surface area contributed by atoms with Crippen LogP contribution in [0, 0.1) is 5.41 Å². The van der Waals surface area contributed by atoms with Crippen molar-refractivity contribution in [1.29, 1.82) is 0 Å². The van der Waals surface area contributed by atoms with Crippen molar-refractivity contribution < 1.29 is 9.53 Å². The van der Waals surface area contributed by atoms with Gasteiger partial charge in [-0.25, -0.2) is 0 Å². The molecular weight excluding hydrogens is 264 g/mol. The number of rotatable bonds is 3. The molecule has 4 nitrogen and oxygen atoms in total. The predicted octanol–water partition coefficient (Wildman–Crippen LogP) is 2.06. The number of hydrogen-bond acceptors (Lipinski definition) is 3. The molecule has 0 aromatic rings. The summed E-state index contributed by atoms with van der Waals surface area (Å²) in [6.45, 7) is 3.85. The lowest BCUT2D eigenvalue weighted by molar-refractivity contribution is -0.129. The lowest BCUT2D eigenvalue weighted by Gasteiger charge is -2.39. The zero-order valence-corrected chi connectivity index (χ0v) is 13.4. The summed E-state index contributed by atoms with van der Waals surface area (Å²) in [6.07, 6.45) is 8.89. The van der Waals surface area contributed by atoms with Crippen LogP contribution in [0.15, 0.2) is 11.6 Å². The Hall–Kier alpha value is -0.870. The van der Waals surface area contributed by atoms with Crippen molar-refractivity contribution in [1.82, 2.24) is 9.80 Å². The van der Waals surface area contributed by atoms with Crippen LogP contribution in [0.3, 0.4) is 0 Å². The Labute approximate surface area is 128 Å². The second-order valence-corrected chi connectivity index (χ2v) is 7.14. The van der Waals surface area contributed by atoms with Gasteiger partial charge in [-0.2, -0.15) is 0 Å². The van der Waals surface area contributed by atoms with Crippen molar-refractivity contribution in [2.45, 2.75) is 44.6 Å². The van der Waals surface area contributed by atoms with E-state index >= 15 is 0 Å². The monoisotopic (exact) mass is 292 g/mol. The highest BCUT2D eigenvalue weighted by Gasteiger charge is 2.44. The van der Waals surface area contributed by atoms with Crippen LogP contribution in [0.2, 0.25) is 0 Å². The van der Waals surface area contributed by atoms with Crippen LogP contribution >= 0.6 is 0 Å². The van der Waals surface area contributed by atoms with E-state index in [-0.39, 0.29) is 0 Å². The molecule has 2 saturated heterocycles. The topological polar surface area (TPSA) is 32.8 Å². The summed E-state index contributed by atoms with van der Waals surface area (Å²) in [6, 6.07) is 0.551. The molecule has 4 heteroatoms. The van der Waals surface area contributed by atoms with E-state index in [0.29, 0.717) is 17.4 Å². The van der Waals surface area contributed by atoms with Gasteiger partial charge in [-0.1, -0.05) is 6.08 Å². The number of carbonyl (C=O) groups excluding carboxylic acids is 1. The van der Waals surface area contributed by atoms with E-state index in [4.69, 9.17) is 4.74 Å². The summed E-state index contributed by atoms with van der Waals surface area (Å²) in [7, 11) is 3.99. The van der Waals surface area contributed by atoms with Gasteiger partial charge in [0.25, 0.3) is 0 Å². The Kier molecular flexibility index (Phi) is 4.36. The van der Waals surface area contributed by atoms with Gasteiger partial charge in [0, 0.05) is 38.4 Å². The number of amides is 1. The number of piperidine rings is 1. The first kappa shape index (κ1) is 15.0. The number of ether oxygens (including phenoxy) is 1. The van der Waals surface area contributed by atoms with E-state index in [1.165, 1.54) is 6.42 Å². The minimum absolute atomic E-state index is 0.308. The third-order valence-corrected chi connectivity index (χ3v) is 5.66. The lowest BCUT2D eigenvalue weighted by atomic mass is 9.76. The molecule has 1 spiro atoms. The molecule has 0 aromatic carbocycles. The summed E-state index contributed by atoms with van der Waals surface area (Å²) >= 11 is 0. The zero-order chi connectivity index (χ0) is 14.9. The number of hydrogen-bond donors (Lipinski definition) is 0. The molecule has 2 heterocycles. The standard InChI is InChI=1S/C17H28N2O2/c1-18-13-17(11-15(18)12-21-2)7-9-19(10-8-17)16(20)14-5-3-4-6-14/h5,15H,3-4,6-13H2,1-2H3/t15-/m1/s1. The van der Waals surface area contributed by atoms with E-state index in [0.717, 1.165) is 63.9 Å². The molecule has 0 N–H and O–H groups in total. The minimum Gasteiger partial charge on any atom is -0.383 e. The number of methoxy groups -OCH3 is 1. The van der Waals surface area contributed by atoms with E-state index in [9.17, 15) is 4.79 Å². The number of carbonyl (C=O) groups is 1. The van der Waals surface area contributed by atoms with Crippen molar-refractivity contribution in [3.05, 3.63) is 11.6 Å². The molecule has 3 rings (SSSR count). The Morgan fingerprint density at radius 1 is 1.43 bits per heavy atom. The summed E-state index contributed by atoms with van der Waals surface area (Å²) in [5.74, 6) is 0.308. The fourth-order valence-electron chi connectivity index (χ4n) is 4.37. The number of nitrogens with zero attached hydrogens (tertiary/aromatic N) is 2. The number of likely N-dealkylation sites (N-methyl/N-ethyl adjacent to an activating group) is 1. The molecule has 0 radical (unpaired) electrons. The van der Waals surface area contributed by atoms with Crippen LogP contribution in [-0.2, 0) is 9.53 Å². The van der Waals surface area contributed by atoms with Crippen molar-refractivity contribution >= 4 is 5.91 Å². The van der Waals surface area contributed by atoms with Gasteiger partial charge in [-0.05, 0) is 51.0 Å². The molecule has 3 aliphatic rings. The molecule has 21 heavy (non-hydrogen) atoms. The Morgan fingerprint density at radius 2 is 2.19 bits per heavy atom. The van der Waals surface area contributed by atoms with E-state index in [1.54, 1.807) is 7.11 Å². The molecule has 0 bridgehead atoms. The van der Waals surface area contributed by atoms with Gasteiger partial charge in [-0.3, -0.25) is 4.79 Å². The van der Waals surface area contributed by atoms with Crippen molar-refractivity contribution in [2.75, 3.05) is 40.4 Å². The Bertz CT molecular complexity index is 425. The zero-order valence-electron chi connectivity index (χ0n) is 13.4. The first-order chi connectivity index (χ1) is 10.1. The van der Waals surface area contributed by atoms with Crippen LogP contribution in [-0.4, -0.2) is 62.1 Å². The maximum Gasteiger partial charge on any atom is 0.249 e. The molecule has 0 unspecified atom stereocenters. The molecule has 1 aliphatic carbocycles. The first-order valence-corrected chi connectivity index (χ1v) is 8.31. The number of allylic oxidation sites excluding steroid dienone is 1. The largest absolute Gasteiger partial charge is 0.383 e. The molecule has 2 aliphatic heterocycles. The van der Waals surface area contributed by atoms with Gasteiger partial charge in [0.1, 0.15) is 0 Å². The second kappa shape index (κ2) is 6.09. The quantitative estimate of drug-likeness (QED) is 0.798. The molecule has 2 fully saturated rings. The fourth-order valence-corrected chi connectivity index (χ4v) is 4.37. The Morgan fingerprint density at radius 3 is 2.81 bits per heavy atom. The molecular formula is C17H28N2O2. The summed E-state index contributed by atoms with van der Waals surface area (Å²) < 4.78 is 5.34. The average molecular weight is 292 g/mol. The van der Waals surface area contributed by atoms with Crippen molar-refractivity contribution in [2.24, 2.45) is 5.41 Å². The molecule has 0 aromatic heterocycles. The van der Waals surface area contributed by atoms with Gasteiger partial charge >= 0.3 is 0 Å². The average Bonchev–Trinajstić information content (AvgIpc) is 3.09. The van der Waals surface area contributed by atoms with E-state index in [1.807, 2.05) is 0 Å². The highest BCUT2D eigenvalue weighted by molar-refractivity contribution is 5.93. The Balaban J connectivity index is 1.56. The smallest absolute Gasteiger partial charge is 0.249 e. The van der Waals surface area contributed by atoms with Crippen LogP contribution in [0.25, 0.3) is 0 Å². The lowest BCUT2D eigenvalue weighted by Crippen LogP contribution is -2.44. The third kappa shape index (κ3) is 3.02. The molecule has 118 valence electrons. The molecule has 0 saturated carbocycles. The van der Waals surface area contributed by atoms with Gasteiger partial charge in [0.05, 0.1) is 6.61 Å². The van der Waals surface area contributed by atoms with Crippen LogP contribution < -0.4 is 0 Å². The maximum absolute atomic E-state index is 12.5. The van der Waals surface area contributed by atoms with Gasteiger partial charge < -0.3 is 14.5 Å². The van der Waals surface area contributed by atoms with Gasteiger partial charge in [-0.15, -0.1) is 0 Å². The van der Waals surface area contributed by atoms with Crippen LogP contribution in [0.1, 0.15) is 38.5 Å². The summed E-state index contributed by atoms with van der Waals surface area (Å²) in [5.41, 5.74) is 1.48. The highest BCUT2D eigenvalue weighted by Crippen LogP contribution is 2.43. The SMILES string of the molecule is COC[C@H]1CC2(CCN(C(=O)C3=CCCC3)CC2)CN1C. The predicted molar refractivity (Wildman–Crippen MR) is 83.1 cm³/mol. The van der Waals surface area contributed by atoms with Gasteiger partial charge in [0.15, 0.2) is 0 Å². The molecule has 1 amide bonds. The van der Waals surface area contributed by atoms with Crippen molar-refractivity contribution in [3.8, 4) is 0 Å². The highest BCUT2D eigenvalue weighted by atomic mass is 16.5. The van der Waals surface area contributed by atoms with Crippen molar-refractivity contribution in [3.63, 3.8) is 0 Å². The number of likely N-dealkylation sites (tertiary alicyclic amines) is 2. The normalized spacial score (nSPS) is 29.1. The van der Waals surface area contributed by atoms with Crippen LogP contribution in [0.4, 0.5) is 0 Å². The van der Waals surface area contributed by atoms with Crippen LogP contribution in [0.5, 0.6) is 0 Å². The van der Waals surface area contributed by atoms with Gasteiger partial charge in [0.2, 0.25) is 5.91 Å². The molecule has 1 atom stereocenters. The maximum atomic E-state index is 12.5. The second-order valence-electron chi connectivity index (χ2n) is 7.14. The van der Waals surface area contributed by atoms with E-state index < -0.39 is 0 Å². The third-order valence-electron chi connectivity index (χ3n) is 5.66. The first-order valence-electron chi connectivity index (χ1n) is 8.31. The minimum atomic E-state index is 0.308.